The van der Waals surface area contributed by atoms with E-state index in [-0.39, 0.29) is 12.6 Å². The lowest BCUT2D eigenvalue weighted by Gasteiger charge is -2.16. The largest absolute Gasteiger partial charge is 0.424 e. The van der Waals surface area contributed by atoms with Crippen LogP contribution in [0.25, 0.3) is 0 Å². The summed E-state index contributed by atoms with van der Waals surface area (Å²) < 4.78 is 5.23. The number of nitrogens with zero attached hydrogens (tertiary/aromatic N) is 4. The summed E-state index contributed by atoms with van der Waals surface area (Å²) >= 11 is 0. The van der Waals surface area contributed by atoms with Crippen molar-refractivity contribution < 1.29 is 9.21 Å². The van der Waals surface area contributed by atoms with Crippen LogP contribution < -0.4 is 5.32 Å². The molecule has 7 nitrogen and oxygen atoms in total. The lowest BCUT2D eigenvalue weighted by Crippen LogP contribution is -2.36. The SMILES string of the molecule is Cc1nnc(CN(C)C(=O)NCc2ccncc2C)o1. The molecule has 0 spiro atoms. The van der Waals surface area contributed by atoms with Gasteiger partial charge in [-0.3, -0.25) is 4.98 Å². The zero-order chi connectivity index (χ0) is 14.5. The molecule has 0 aliphatic heterocycles. The summed E-state index contributed by atoms with van der Waals surface area (Å²) in [5.41, 5.74) is 2.08. The van der Waals surface area contributed by atoms with Gasteiger partial charge in [0.2, 0.25) is 11.8 Å². The first-order chi connectivity index (χ1) is 9.56. The molecule has 0 aromatic carbocycles. The number of rotatable bonds is 4. The van der Waals surface area contributed by atoms with Gasteiger partial charge in [0.1, 0.15) is 6.54 Å². The Morgan fingerprint density at radius 3 is 2.85 bits per heavy atom. The molecular formula is C13H17N5O2. The van der Waals surface area contributed by atoms with E-state index < -0.39 is 0 Å². The van der Waals surface area contributed by atoms with Gasteiger partial charge in [-0.2, -0.15) is 0 Å². The van der Waals surface area contributed by atoms with Crippen LogP contribution in [0.5, 0.6) is 0 Å². The van der Waals surface area contributed by atoms with Crippen LogP contribution in [-0.2, 0) is 13.1 Å². The predicted octanol–water partition coefficient (Wildman–Crippen LogP) is 1.42. The Kier molecular flexibility index (Phi) is 4.29. The van der Waals surface area contributed by atoms with Gasteiger partial charge in [0.05, 0.1) is 0 Å². The van der Waals surface area contributed by atoms with Gasteiger partial charge in [-0.15, -0.1) is 10.2 Å². The van der Waals surface area contributed by atoms with Gasteiger partial charge in [0.15, 0.2) is 0 Å². The van der Waals surface area contributed by atoms with Crippen molar-refractivity contribution >= 4 is 6.03 Å². The second-order valence-electron chi connectivity index (χ2n) is 4.53. The monoisotopic (exact) mass is 275 g/mol. The third-order valence-corrected chi connectivity index (χ3v) is 2.85. The van der Waals surface area contributed by atoms with E-state index >= 15 is 0 Å². The Morgan fingerprint density at radius 1 is 1.40 bits per heavy atom. The smallest absolute Gasteiger partial charge is 0.317 e. The van der Waals surface area contributed by atoms with E-state index in [1.54, 1.807) is 26.4 Å². The third-order valence-electron chi connectivity index (χ3n) is 2.85. The number of urea groups is 1. The molecule has 2 heterocycles. The Labute approximate surface area is 117 Å². The number of hydrogen-bond acceptors (Lipinski definition) is 5. The number of nitrogens with one attached hydrogen (secondary N) is 1. The summed E-state index contributed by atoms with van der Waals surface area (Å²) in [4.78, 5) is 17.5. The van der Waals surface area contributed by atoms with E-state index in [0.29, 0.717) is 18.3 Å². The van der Waals surface area contributed by atoms with Gasteiger partial charge in [0, 0.05) is 32.9 Å². The first-order valence-corrected chi connectivity index (χ1v) is 6.23. The fourth-order valence-electron chi connectivity index (χ4n) is 1.68. The molecule has 2 rings (SSSR count). The number of amides is 2. The number of aryl methyl sites for hydroxylation is 2. The maximum atomic E-state index is 11.9. The molecule has 0 unspecified atom stereocenters. The van der Waals surface area contributed by atoms with Crippen LogP contribution >= 0.6 is 0 Å². The average molecular weight is 275 g/mol. The molecule has 7 heteroatoms. The molecule has 0 bridgehead atoms. The number of hydrogen-bond donors (Lipinski definition) is 1. The van der Waals surface area contributed by atoms with E-state index in [1.165, 1.54) is 4.90 Å². The maximum absolute atomic E-state index is 11.9. The highest BCUT2D eigenvalue weighted by atomic mass is 16.4. The zero-order valence-electron chi connectivity index (χ0n) is 11.8. The summed E-state index contributed by atoms with van der Waals surface area (Å²) in [6, 6.07) is 1.69. The standard InChI is InChI=1S/C13H17N5O2/c1-9-6-14-5-4-11(9)7-15-13(19)18(3)8-12-17-16-10(2)20-12/h4-6H,7-8H2,1-3H3,(H,15,19). The van der Waals surface area contributed by atoms with Gasteiger partial charge in [-0.1, -0.05) is 0 Å². The fourth-order valence-corrected chi connectivity index (χ4v) is 1.68. The average Bonchev–Trinajstić information content (AvgIpc) is 2.82. The van der Waals surface area contributed by atoms with Gasteiger partial charge in [-0.05, 0) is 24.1 Å². The fraction of sp³-hybridized carbons (Fsp3) is 0.385. The Balaban J connectivity index is 1.87. The lowest BCUT2D eigenvalue weighted by molar-refractivity contribution is 0.201. The van der Waals surface area contributed by atoms with Gasteiger partial charge >= 0.3 is 6.03 Å². The van der Waals surface area contributed by atoms with Gasteiger partial charge < -0.3 is 14.6 Å². The number of carbonyl (C=O) groups is 1. The lowest BCUT2D eigenvalue weighted by atomic mass is 10.1. The van der Waals surface area contributed by atoms with E-state index in [1.807, 2.05) is 13.0 Å². The van der Waals surface area contributed by atoms with E-state index in [9.17, 15) is 4.79 Å². The quantitative estimate of drug-likeness (QED) is 0.912. The number of aromatic nitrogens is 3. The molecule has 1 N–H and O–H groups in total. The van der Waals surface area contributed by atoms with Crippen molar-refractivity contribution in [3.8, 4) is 0 Å². The van der Waals surface area contributed by atoms with Crippen molar-refractivity contribution in [3.05, 3.63) is 41.4 Å². The topological polar surface area (TPSA) is 84.2 Å². The highest BCUT2D eigenvalue weighted by Crippen LogP contribution is 2.05. The predicted molar refractivity (Wildman–Crippen MR) is 71.7 cm³/mol. The molecule has 0 atom stereocenters. The first-order valence-electron chi connectivity index (χ1n) is 6.23. The van der Waals surface area contributed by atoms with Gasteiger partial charge in [0.25, 0.3) is 0 Å². The minimum atomic E-state index is -0.197. The van der Waals surface area contributed by atoms with Gasteiger partial charge in [-0.25, -0.2) is 4.79 Å². The van der Waals surface area contributed by atoms with Crippen molar-refractivity contribution in [2.24, 2.45) is 0 Å². The van der Waals surface area contributed by atoms with Crippen LogP contribution in [0.4, 0.5) is 4.79 Å². The maximum Gasteiger partial charge on any atom is 0.317 e. The highest BCUT2D eigenvalue weighted by molar-refractivity contribution is 5.73. The molecule has 2 amide bonds. The van der Waals surface area contributed by atoms with Crippen LogP contribution in [0.2, 0.25) is 0 Å². The molecule has 0 aliphatic rings. The van der Waals surface area contributed by atoms with Crippen LogP contribution in [-0.4, -0.2) is 33.2 Å². The molecule has 0 saturated carbocycles. The Morgan fingerprint density at radius 2 is 2.20 bits per heavy atom. The van der Waals surface area contributed by atoms with Crippen molar-refractivity contribution in [2.45, 2.75) is 26.9 Å². The van der Waals surface area contributed by atoms with Crippen LogP contribution in [0, 0.1) is 13.8 Å². The molecule has 0 aliphatic carbocycles. The molecule has 20 heavy (non-hydrogen) atoms. The van der Waals surface area contributed by atoms with E-state index in [4.69, 9.17) is 4.42 Å². The van der Waals surface area contributed by atoms with Crippen molar-refractivity contribution in [1.29, 1.82) is 0 Å². The summed E-state index contributed by atoms with van der Waals surface area (Å²) in [5, 5.41) is 10.4. The van der Waals surface area contributed by atoms with Crippen molar-refractivity contribution in [3.63, 3.8) is 0 Å². The van der Waals surface area contributed by atoms with Crippen molar-refractivity contribution in [2.75, 3.05) is 7.05 Å². The summed E-state index contributed by atoms with van der Waals surface area (Å²) in [5.74, 6) is 0.904. The highest BCUT2D eigenvalue weighted by Gasteiger charge is 2.12. The van der Waals surface area contributed by atoms with E-state index in [0.717, 1.165) is 11.1 Å². The molecule has 0 fully saturated rings. The molecule has 0 saturated heterocycles. The summed E-state index contributed by atoms with van der Waals surface area (Å²) in [7, 11) is 1.67. The normalized spacial score (nSPS) is 10.3. The summed E-state index contributed by atoms with van der Waals surface area (Å²) in [6.45, 7) is 4.41. The van der Waals surface area contributed by atoms with Crippen LogP contribution in [0.1, 0.15) is 22.9 Å². The van der Waals surface area contributed by atoms with E-state index in [2.05, 4.69) is 20.5 Å². The van der Waals surface area contributed by atoms with Crippen LogP contribution in [0.3, 0.4) is 0 Å². The minimum Gasteiger partial charge on any atom is -0.424 e. The second-order valence-corrected chi connectivity index (χ2v) is 4.53. The number of carbonyl (C=O) groups excluding carboxylic acids is 1. The molecule has 2 aromatic rings. The minimum absolute atomic E-state index is 0.197. The third kappa shape index (κ3) is 3.53. The first kappa shape index (κ1) is 14.0. The van der Waals surface area contributed by atoms with Crippen molar-refractivity contribution in [1.82, 2.24) is 25.4 Å². The van der Waals surface area contributed by atoms with Crippen LogP contribution in [0.15, 0.2) is 22.9 Å². The molecule has 2 aromatic heterocycles. The Hall–Kier alpha value is -2.44. The number of pyridine rings is 1. The molecule has 106 valence electrons. The summed E-state index contributed by atoms with van der Waals surface area (Å²) in [6.07, 6.45) is 3.48. The Bertz CT molecular complexity index is 596. The molecule has 0 radical (unpaired) electrons. The molecular weight excluding hydrogens is 258 g/mol. The second kappa shape index (κ2) is 6.14. The zero-order valence-corrected chi connectivity index (χ0v) is 11.8.